The number of nitrogens with zero attached hydrogens (tertiary/aromatic N) is 9. The lowest BCUT2D eigenvalue weighted by Crippen LogP contribution is -2.53. The second kappa shape index (κ2) is 25.9. The number of hydrogen-bond acceptors (Lipinski definition) is 5. The van der Waals surface area contributed by atoms with Crippen LogP contribution in [0.25, 0.3) is 0 Å². The van der Waals surface area contributed by atoms with Crippen LogP contribution in [0.15, 0.2) is 0 Å². The predicted octanol–water partition coefficient (Wildman–Crippen LogP) is 7.57. The number of piperidine rings is 1. The van der Waals surface area contributed by atoms with Gasteiger partial charge in [0.15, 0.2) is 0 Å². The average Bonchev–Trinajstić information content (AvgIpc) is 3.55. The summed E-state index contributed by atoms with van der Waals surface area (Å²) in [7, 11) is 1.86. The third kappa shape index (κ3) is 16.3. The van der Waals surface area contributed by atoms with Crippen LogP contribution in [-0.2, 0) is 4.79 Å². The SMILES string of the molecule is CC(C)N1CCCCC1=O.CC(C)N1CCCN(C(C)C)C1=O.CC(C)N1CCCN(C)C1=O.CC(C)N1CCN(C(C)C)C1=O.CCN1CCCN(C(C)C)C1=O. The van der Waals surface area contributed by atoms with Crippen LogP contribution < -0.4 is 0 Å². The molecule has 58 heavy (non-hydrogen) atoms. The lowest BCUT2D eigenvalue weighted by Gasteiger charge is -2.39. The van der Waals surface area contributed by atoms with E-state index in [0.717, 1.165) is 97.6 Å². The Morgan fingerprint density at radius 1 is 0.362 bits per heavy atom. The molecule has 14 heteroatoms. The first-order valence-corrected chi connectivity index (χ1v) is 22.6. The highest BCUT2D eigenvalue weighted by Crippen LogP contribution is 2.17. The van der Waals surface area contributed by atoms with Crippen molar-refractivity contribution in [1.82, 2.24) is 44.1 Å². The summed E-state index contributed by atoms with van der Waals surface area (Å²) in [5.74, 6) is 0.334. The summed E-state index contributed by atoms with van der Waals surface area (Å²) in [5, 5.41) is 0. The van der Waals surface area contributed by atoms with Gasteiger partial charge in [0, 0.05) is 121 Å². The van der Waals surface area contributed by atoms with Crippen LogP contribution in [-0.4, -0.2) is 189 Å². The smallest absolute Gasteiger partial charge is 0.320 e. The van der Waals surface area contributed by atoms with E-state index in [-0.39, 0.29) is 24.1 Å². The summed E-state index contributed by atoms with van der Waals surface area (Å²) in [6.07, 6.45) is 6.34. The van der Waals surface area contributed by atoms with Gasteiger partial charge in [-0.25, -0.2) is 19.2 Å². The van der Waals surface area contributed by atoms with E-state index >= 15 is 0 Å². The van der Waals surface area contributed by atoms with Crippen molar-refractivity contribution in [3.05, 3.63) is 0 Å². The maximum absolute atomic E-state index is 11.9. The molecule has 5 fully saturated rings. The number of amides is 9. The van der Waals surface area contributed by atoms with Gasteiger partial charge in [0.05, 0.1) is 0 Å². The Kier molecular flexibility index (Phi) is 23.5. The van der Waals surface area contributed by atoms with Gasteiger partial charge in [0.2, 0.25) is 5.91 Å². The standard InChI is InChI=1S/C10H20N2O.2C9H18N2O.C8H16N2O.C8H15NO/c1-8(2)11-6-5-7-12(9(3)4)10(11)13;1-7(2)10-5-6-11(8(3)4)9(10)12;1-4-10-6-5-7-11(8(2)3)9(10)12;1-7(2)10-6-4-5-9(3)8(10)11;1-7(2)9-6-4-3-5-8(9)10/h8-9H,5-7H2,1-4H3;7-8H,5-6H2,1-4H3;8H,4-7H2,1-3H3;7H,4-6H2,1-3H3;7H,3-6H2,1-2H3. The highest BCUT2D eigenvalue weighted by molar-refractivity contribution is 5.78. The van der Waals surface area contributed by atoms with E-state index in [1.54, 1.807) is 4.90 Å². The first-order chi connectivity index (χ1) is 27.1. The van der Waals surface area contributed by atoms with Crippen molar-refractivity contribution in [2.75, 3.05) is 72.5 Å². The van der Waals surface area contributed by atoms with Gasteiger partial charge in [-0.05, 0) is 136 Å². The molecule has 5 heterocycles. The van der Waals surface area contributed by atoms with Crippen molar-refractivity contribution >= 4 is 30.0 Å². The van der Waals surface area contributed by atoms with E-state index in [1.807, 2.05) is 53.2 Å². The van der Waals surface area contributed by atoms with E-state index < -0.39 is 0 Å². The molecule has 5 saturated heterocycles. The largest absolute Gasteiger partial charge is 0.340 e. The zero-order chi connectivity index (χ0) is 44.4. The van der Waals surface area contributed by atoms with Crippen molar-refractivity contribution in [3.8, 4) is 0 Å². The zero-order valence-corrected chi connectivity index (χ0v) is 39.9. The second-order valence-corrected chi connectivity index (χ2v) is 18.1. The fourth-order valence-electron chi connectivity index (χ4n) is 7.57. The lowest BCUT2D eigenvalue weighted by atomic mass is 10.1. The summed E-state index contributed by atoms with van der Waals surface area (Å²) in [6, 6.07) is 3.18. The van der Waals surface area contributed by atoms with E-state index in [1.165, 1.54) is 6.42 Å². The molecule has 0 aromatic rings. The quantitative estimate of drug-likeness (QED) is 0.251. The molecule has 5 aliphatic rings. The molecule has 0 aliphatic carbocycles. The Bertz CT molecular complexity index is 1220. The molecule has 0 bridgehead atoms. The molecule has 9 amide bonds. The van der Waals surface area contributed by atoms with Gasteiger partial charge in [0.25, 0.3) is 0 Å². The molecule has 338 valence electrons. The minimum absolute atomic E-state index is 0.172. The van der Waals surface area contributed by atoms with Crippen LogP contribution in [0.1, 0.15) is 142 Å². The van der Waals surface area contributed by atoms with Crippen LogP contribution in [0.4, 0.5) is 19.2 Å². The van der Waals surface area contributed by atoms with E-state index in [2.05, 4.69) is 96.9 Å². The molecule has 0 aromatic heterocycles. The fraction of sp³-hybridized carbons (Fsp3) is 0.886. The minimum Gasteiger partial charge on any atom is -0.340 e. The monoisotopic (exact) mass is 822 g/mol. The Hall–Kier alpha value is -3.45. The fourth-order valence-corrected chi connectivity index (χ4v) is 7.57. The lowest BCUT2D eigenvalue weighted by molar-refractivity contribution is -0.135. The summed E-state index contributed by atoms with van der Waals surface area (Å²) in [6.45, 7) is 40.0. The van der Waals surface area contributed by atoms with E-state index in [9.17, 15) is 24.0 Å². The summed E-state index contributed by atoms with van der Waals surface area (Å²) in [5.41, 5.74) is 0. The molecule has 5 aliphatic heterocycles. The summed E-state index contributed by atoms with van der Waals surface area (Å²) < 4.78 is 0. The molecular formula is C44H87N9O5. The molecule has 14 nitrogen and oxygen atoms in total. The van der Waals surface area contributed by atoms with Gasteiger partial charge in [-0.15, -0.1) is 0 Å². The molecule has 0 saturated carbocycles. The molecule has 0 N–H and O–H groups in total. The maximum atomic E-state index is 11.9. The van der Waals surface area contributed by atoms with Gasteiger partial charge in [-0.2, -0.15) is 0 Å². The Morgan fingerprint density at radius 2 is 0.672 bits per heavy atom. The van der Waals surface area contributed by atoms with Gasteiger partial charge in [-0.1, -0.05) is 0 Å². The van der Waals surface area contributed by atoms with Crippen LogP contribution in [0, 0.1) is 0 Å². The van der Waals surface area contributed by atoms with Crippen LogP contribution in [0.2, 0.25) is 0 Å². The number of carbonyl (C=O) groups excluding carboxylic acids is 5. The first kappa shape index (κ1) is 52.6. The van der Waals surface area contributed by atoms with E-state index in [0.29, 0.717) is 48.2 Å². The number of carbonyl (C=O) groups is 5. The van der Waals surface area contributed by atoms with Gasteiger partial charge < -0.3 is 44.1 Å². The Morgan fingerprint density at radius 3 is 0.983 bits per heavy atom. The molecule has 0 unspecified atom stereocenters. The predicted molar refractivity (Wildman–Crippen MR) is 237 cm³/mol. The van der Waals surface area contributed by atoms with Crippen molar-refractivity contribution in [2.45, 2.75) is 185 Å². The molecule has 0 atom stereocenters. The molecule has 0 aromatic carbocycles. The normalized spacial score (nSPS) is 19.4. The van der Waals surface area contributed by atoms with Crippen molar-refractivity contribution < 1.29 is 24.0 Å². The Balaban J connectivity index is 0.000000363. The number of likely N-dealkylation sites (tertiary alicyclic amines) is 1. The van der Waals surface area contributed by atoms with Crippen LogP contribution in [0.5, 0.6) is 0 Å². The molecule has 0 spiro atoms. The number of hydrogen-bond donors (Lipinski definition) is 0. The topological polar surface area (TPSA) is 115 Å². The Labute approximate surface area is 354 Å². The van der Waals surface area contributed by atoms with E-state index in [4.69, 9.17) is 0 Å². The highest BCUT2D eigenvalue weighted by Gasteiger charge is 2.32. The third-order valence-corrected chi connectivity index (χ3v) is 11.3. The highest BCUT2D eigenvalue weighted by atomic mass is 16.2. The number of urea groups is 4. The van der Waals surface area contributed by atoms with Crippen LogP contribution in [0.3, 0.4) is 0 Å². The average molecular weight is 822 g/mol. The number of rotatable bonds is 8. The molecular weight excluding hydrogens is 735 g/mol. The van der Waals surface area contributed by atoms with Crippen molar-refractivity contribution in [2.24, 2.45) is 0 Å². The zero-order valence-electron chi connectivity index (χ0n) is 39.9. The molecule has 5 rings (SSSR count). The third-order valence-electron chi connectivity index (χ3n) is 11.3. The first-order valence-electron chi connectivity index (χ1n) is 22.6. The van der Waals surface area contributed by atoms with Crippen molar-refractivity contribution in [3.63, 3.8) is 0 Å². The molecule has 0 radical (unpaired) electrons. The van der Waals surface area contributed by atoms with Crippen molar-refractivity contribution in [1.29, 1.82) is 0 Å². The maximum Gasteiger partial charge on any atom is 0.320 e. The minimum atomic E-state index is 0.172. The van der Waals surface area contributed by atoms with Gasteiger partial charge in [0.1, 0.15) is 0 Å². The summed E-state index contributed by atoms with van der Waals surface area (Å²) >= 11 is 0. The summed E-state index contributed by atoms with van der Waals surface area (Å²) in [4.78, 5) is 75.0. The van der Waals surface area contributed by atoms with Gasteiger partial charge >= 0.3 is 24.1 Å². The van der Waals surface area contributed by atoms with Crippen LogP contribution >= 0.6 is 0 Å². The second-order valence-electron chi connectivity index (χ2n) is 18.1. The van der Waals surface area contributed by atoms with Gasteiger partial charge in [-0.3, -0.25) is 4.79 Å².